The highest BCUT2D eigenvalue weighted by molar-refractivity contribution is 5.97. The van der Waals surface area contributed by atoms with Crippen molar-refractivity contribution >= 4 is 11.8 Å². The van der Waals surface area contributed by atoms with Crippen LogP contribution >= 0.6 is 0 Å². The maximum absolute atomic E-state index is 12.2. The van der Waals surface area contributed by atoms with Gasteiger partial charge in [0.1, 0.15) is 0 Å². The van der Waals surface area contributed by atoms with Gasteiger partial charge < -0.3 is 20.1 Å². The van der Waals surface area contributed by atoms with Crippen molar-refractivity contribution < 1.29 is 19.1 Å². The van der Waals surface area contributed by atoms with Gasteiger partial charge in [0, 0.05) is 12.1 Å². The number of benzene rings is 1. The van der Waals surface area contributed by atoms with E-state index >= 15 is 0 Å². The van der Waals surface area contributed by atoms with Crippen LogP contribution in [0.15, 0.2) is 18.2 Å². The van der Waals surface area contributed by atoms with Gasteiger partial charge in [-0.15, -0.1) is 0 Å². The minimum Gasteiger partial charge on any atom is -0.490 e. The molecule has 1 aliphatic rings. The third-order valence-electron chi connectivity index (χ3n) is 4.28. The summed E-state index contributed by atoms with van der Waals surface area (Å²) in [6.07, 6.45) is 4.85. The lowest BCUT2D eigenvalue weighted by molar-refractivity contribution is -0.120. The molecule has 0 bridgehead atoms. The summed E-state index contributed by atoms with van der Waals surface area (Å²) < 4.78 is 11.0. The number of hydrogen-bond donors (Lipinski definition) is 2. The number of hydrogen-bond acceptors (Lipinski definition) is 4. The van der Waals surface area contributed by atoms with Gasteiger partial charge in [-0.1, -0.05) is 12.8 Å². The van der Waals surface area contributed by atoms with Crippen molar-refractivity contribution in [3.63, 3.8) is 0 Å². The Morgan fingerprint density at radius 1 is 1.04 bits per heavy atom. The molecule has 6 heteroatoms. The van der Waals surface area contributed by atoms with Crippen LogP contribution < -0.4 is 20.1 Å². The van der Waals surface area contributed by atoms with E-state index in [9.17, 15) is 9.59 Å². The summed E-state index contributed by atoms with van der Waals surface area (Å²) in [5.74, 6) is 1.26. The molecule has 1 aromatic carbocycles. The summed E-state index contributed by atoms with van der Waals surface area (Å²) in [5, 5.41) is 5.54. The molecule has 2 rings (SSSR count). The predicted octanol–water partition coefficient (Wildman–Crippen LogP) is 2.52. The Bertz CT molecular complexity index is 583. The van der Waals surface area contributed by atoms with Crippen molar-refractivity contribution in [1.82, 2.24) is 10.6 Å². The lowest BCUT2D eigenvalue weighted by Gasteiger charge is -2.13. The molecule has 0 spiro atoms. The Morgan fingerprint density at radius 2 is 1.72 bits per heavy atom. The van der Waals surface area contributed by atoms with Crippen LogP contribution in [0, 0.1) is 5.92 Å². The van der Waals surface area contributed by atoms with Gasteiger partial charge in [-0.05, 0) is 50.8 Å². The minimum atomic E-state index is -0.306. The van der Waals surface area contributed by atoms with E-state index in [1.165, 1.54) is 25.7 Å². The molecule has 0 unspecified atom stereocenters. The van der Waals surface area contributed by atoms with Crippen molar-refractivity contribution in [1.29, 1.82) is 0 Å². The topological polar surface area (TPSA) is 76.7 Å². The van der Waals surface area contributed by atoms with Crippen LogP contribution in [0.3, 0.4) is 0 Å². The molecule has 138 valence electrons. The monoisotopic (exact) mass is 348 g/mol. The minimum absolute atomic E-state index is 0.0251. The van der Waals surface area contributed by atoms with Crippen molar-refractivity contribution in [2.24, 2.45) is 5.92 Å². The molecule has 1 saturated carbocycles. The molecule has 2 N–H and O–H groups in total. The smallest absolute Gasteiger partial charge is 0.251 e. The Morgan fingerprint density at radius 3 is 2.40 bits per heavy atom. The quantitative estimate of drug-likeness (QED) is 0.719. The average molecular weight is 348 g/mol. The molecule has 0 atom stereocenters. The number of carbonyl (C=O) groups is 2. The van der Waals surface area contributed by atoms with E-state index in [4.69, 9.17) is 9.47 Å². The summed E-state index contributed by atoms with van der Waals surface area (Å²) in [6.45, 7) is 5.44. The number of amides is 2. The van der Waals surface area contributed by atoms with E-state index < -0.39 is 0 Å². The average Bonchev–Trinajstić information content (AvgIpc) is 3.13. The molecule has 1 aliphatic carbocycles. The van der Waals surface area contributed by atoms with E-state index in [1.807, 2.05) is 13.8 Å². The van der Waals surface area contributed by atoms with Gasteiger partial charge in [0.05, 0.1) is 19.8 Å². The molecular weight excluding hydrogens is 320 g/mol. The standard InChI is InChI=1S/C19H28N2O4/c1-3-24-16-10-9-15(11-17(16)25-4-2)19(23)21-13-18(22)20-12-14-7-5-6-8-14/h9-11,14H,3-8,12-13H2,1-2H3,(H,20,22)(H,21,23). The molecule has 0 aliphatic heterocycles. The van der Waals surface area contributed by atoms with Gasteiger partial charge in [0.15, 0.2) is 11.5 Å². The fourth-order valence-electron chi connectivity index (χ4n) is 2.99. The maximum atomic E-state index is 12.2. The molecule has 0 heterocycles. The lowest BCUT2D eigenvalue weighted by Crippen LogP contribution is -2.38. The molecule has 0 radical (unpaired) electrons. The molecule has 0 aromatic heterocycles. The first kappa shape index (κ1) is 19.1. The molecule has 1 aromatic rings. The first-order valence-electron chi connectivity index (χ1n) is 9.08. The van der Waals surface area contributed by atoms with E-state index in [0.717, 1.165) is 0 Å². The zero-order chi connectivity index (χ0) is 18.1. The molecule has 25 heavy (non-hydrogen) atoms. The first-order chi connectivity index (χ1) is 12.1. The highest BCUT2D eigenvalue weighted by Crippen LogP contribution is 2.28. The lowest BCUT2D eigenvalue weighted by atomic mass is 10.1. The zero-order valence-electron chi connectivity index (χ0n) is 15.1. The van der Waals surface area contributed by atoms with Crippen LogP contribution in [0.5, 0.6) is 11.5 Å². The SMILES string of the molecule is CCOc1ccc(C(=O)NCC(=O)NCC2CCCC2)cc1OCC. The highest BCUT2D eigenvalue weighted by atomic mass is 16.5. The molecule has 0 saturated heterocycles. The van der Waals surface area contributed by atoms with Gasteiger partial charge in [-0.3, -0.25) is 9.59 Å². The van der Waals surface area contributed by atoms with Crippen molar-refractivity contribution in [2.75, 3.05) is 26.3 Å². The van der Waals surface area contributed by atoms with Crippen LogP contribution in [0.2, 0.25) is 0 Å². The van der Waals surface area contributed by atoms with E-state index in [-0.39, 0.29) is 18.4 Å². The van der Waals surface area contributed by atoms with Gasteiger partial charge in [-0.25, -0.2) is 0 Å². The van der Waals surface area contributed by atoms with Gasteiger partial charge in [-0.2, -0.15) is 0 Å². The normalized spacial score (nSPS) is 14.2. The second kappa shape index (κ2) is 9.91. The van der Waals surface area contributed by atoms with E-state index in [1.54, 1.807) is 18.2 Å². The van der Waals surface area contributed by atoms with Crippen LogP contribution in [0.1, 0.15) is 49.9 Å². The first-order valence-corrected chi connectivity index (χ1v) is 9.08. The van der Waals surface area contributed by atoms with Crippen LogP contribution in [-0.2, 0) is 4.79 Å². The molecule has 2 amide bonds. The summed E-state index contributed by atoms with van der Waals surface area (Å²) in [6, 6.07) is 5.02. The second-order valence-electron chi connectivity index (χ2n) is 6.16. The summed E-state index contributed by atoms with van der Waals surface area (Å²) >= 11 is 0. The van der Waals surface area contributed by atoms with Crippen LogP contribution in [0.4, 0.5) is 0 Å². The Labute approximate surface area is 149 Å². The van der Waals surface area contributed by atoms with Gasteiger partial charge in [0.2, 0.25) is 5.91 Å². The zero-order valence-corrected chi connectivity index (χ0v) is 15.1. The van der Waals surface area contributed by atoms with Crippen molar-refractivity contribution in [3.8, 4) is 11.5 Å². The summed E-state index contributed by atoms with van der Waals surface area (Å²) in [7, 11) is 0. The number of rotatable bonds is 9. The van der Waals surface area contributed by atoms with Crippen LogP contribution in [-0.4, -0.2) is 38.1 Å². The summed E-state index contributed by atoms with van der Waals surface area (Å²) in [5.41, 5.74) is 0.440. The Hall–Kier alpha value is -2.24. The highest BCUT2D eigenvalue weighted by Gasteiger charge is 2.16. The number of nitrogens with one attached hydrogen (secondary N) is 2. The molecule has 1 fully saturated rings. The number of ether oxygens (including phenoxy) is 2. The maximum Gasteiger partial charge on any atom is 0.251 e. The third kappa shape index (κ3) is 5.96. The predicted molar refractivity (Wildman–Crippen MR) is 96.1 cm³/mol. The molecular formula is C19H28N2O4. The Kier molecular flexibility index (Phi) is 7.57. The van der Waals surface area contributed by atoms with Crippen molar-refractivity contribution in [2.45, 2.75) is 39.5 Å². The van der Waals surface area contributed by atoms with Crippen LogP contribution in [0.25, 0.3) is 0 Å². The Balaban J connectivity index is 1.84. The van der Waals surface area contributed by atoms with Crippen molar-refractivity contribution in [3.05, 3.63) is 23.8 Å². The van der Waals surface area contributed by atoms with E-state index in [0.29, 0.717) is 42.7 Å². The fraction of sp³-hybridized carbons (Fsp3) is 0.579. The van der Waals surface area contributed by atoms with Gasteiger partial charge in [0.25, 0.3) is 5.91 Å². The second-order valence-corrected chi connectivity index (χ2v) is 6.16. The molecule has 6 nitrogen and oxygen atoms in total. The number of carbonyl (C=O) groups excluding carboxylic acids is 2. The van der Waals surface area contributed by atoms with E-state index in [2.05, 4.69) is 10.6 Å². The largest absolute Gasteiger partial charge is 0.490 e. The fourth-order valence-corrected chi connectivity index (χ4v) is 2.99. The summed E-state index contributed by atoms with van der Waals surface area (Å²) in [4.78, 5) is 24.1. The van der Waals surface area contributed by atoms with Gasteiger partial charge >= 0.3 is 0 Å². The third-order valence-corrected chi connectivity index (χ3v) is 4.28.